The van der Waals surface area contributed by atoms with Crippen LogP contribution in [0, 0.1) is 0 Å². The molecule has 1 atom stereocenters. The number of halogens is 1. The maximum atomic E-state index is 10.7. The molecule has 0 bridgehead atoms. The third kappa shape index (κ3) is 5.50. The molecule has 112 valence electrons. The lowest BCUT2D eigenvalue weighted by molar-refractivity contribution is -0.136. The number of carboxylic acid groups (broad SMARTS) is 1. The van der Waals surface area contributed by atoms with Gasteiger partial charge in [0.05, 0.1) is 6.42 Å². The molecule has 0 aliphatic rings. The summed E-state index contributed by atoms with van der Waals surface area (Å²) in [6.45, 7) is 2.89. The minimum Gasteiger partial charge on any atom is -0.481 e. The van der Waals surface area contributed by atoms with E-state index >= 15 is 0 Å². The van der Waals surface area contributed by atoms with Crippen molar-refractivity contribution in [3.63, 3.8) is 0 Å². The summed E-state index contributed by atoms with van der Waals surface area (Å²) in [5, 5.41) is 13.0. The van der Waals surface area contributed by atoms with Gasteiger partial charge in [-0.2, -0.15) is 0 Å². The molecule has 0 aliphatic heterocycles. The van der Waals surface area contributed by atoms with Crippen LogP contribution in [0.4, 0.5) is 0 Å². The molecular formula is C16H18ClNO2S. The van der Waals surface area contributed by atoms with Gasteiger partial charge in [0, 0.05) is 27.4 Å². The van der Waals surface area contributed by atoms with Crippen LogP contribution in [0.15, 0.2) is 36.4 Å². The van der Waals surface area contributed by atoms with Gasteiger partial charge in [0.2, 0.25) is 0 Å². The Hall–Kier alpha value is -1.36. The van der Waals surface area contributed by atoms with Crippen molar-refractivity contribution < 1.29 is 9.90 Å². The number of hydrogen-bond acceptors (Lipinski definition) is 3. The van der Waals surface area contributed by atoms with E-state index in [2.05, 4.69) is 18.3 Å². The van der Waals surface area contributed by atoms with E-state index in [1.54, 1.807) is 11.3 Å². The van der Waals surface area contributed by atoms with Crippen molar-refractivity contribution in [2.45, 2.75) is 32.4 Å². The molecule has 0 saturated carbocycles. The number of carbonyl (C=O) groups is 1. The fourth-order valence-corrected chi connectivity index (χ4v) is 3.30. The summed E-state index contributed by atoms with van der Waals surface area (Å²) >= 11 is 7.53. The number of hydrogen-bond donors (Lipinski definition) is 2. The highest BCUT2D eigenvalue weighted by molar-refractivity contribution is 7.12. The molecule has 0 saturated heterocycles. The first kappa shape index (κ1) is 16.0. The number of nitrogens with one attached hydrogen (secondary N) is 1. The Morgan fingerprint density at radius 2 is 2.10 bits per heavy atom. The Morgan fingerprint density at radius 3 is 2.81 bits per heavy atom. The van der Waals surface area contributed by atoms with Gasteiger partial charge in [0.25, 0.3) is 0 Å². The number of thiophene rings is 1. The number of benzene rings is 1. The van der Waals surface area contributed by atoms with Crippen LogP contribution < -0.4 is 5.32 Å². The van der Waals surface area contributed by atoms with Gasteiger partial charge in [-0.15, -0.1) is 11.3 Å². The molecule has 0 amide bonds. The largest absolute Gasteiger partial charge is 0.481 e. The van der Waals surface area contributed by atoms with E-state index < -0.39 is 5.97 Å². The van der Waals surface area contributed by atoms with Crippen LogP contribution >= 0.6 is 22.9 Å². The number of aliphatic carboxylic acids is 1. The molecule has 1 aromatic heterocycles. The Morgan fingerprint density at radius 1 is 1.33 bits per heavy atom. The highest BCUT2D eigenvalue weighted by Gasteiger charge is 2.07. The van der Waals surface area contributed by atoms with Crippen LogP contribution in [0.5, 0.6) is 0 Å². The molecular weight excluding hydrogens is 306 g/mol. The smallest absolute Gasteiger partial charge is 0.308 e. The Kier molecular flexibility index (Phi) is 5.79. The third-order valence-electron chi connectivity index (χ3n) is 3.10. The average Bonchev–Trinajstić information content (AvgIpc) is 2.83. The molecule has 3 nitrogen and oxygen atoms in total. The van der Waals surface area contributed by atoms with Crippen LogP contribution in [0.1, 0.15) is 22.2 Å². The minimum atomic E-state index is -0.786. The fraction of sp³-hybridized carbons (Fsp3) is 0.312. The Bertz CT molecular complexity index is 612. The SMILES string of the molecule is CC(Cc1cccc(Cl)c1)NCc1ccc(CC(=O)O)s1. The zero-order valence-corrected chi connectivity index (χ0v) is 13.4. The zero-order valence-electron chi connectivity index (χ0n) is 11.8. The van der Waals surface area contributed by atoms with Crippen LogP contribution in [-0.2, 0) is 24.2 Å². The fourth-order valence-electron chi connectivity index (χ4n) is 2.13. The van der Waals surface area contributed by atoms with Crippen molar-refractivity contribution in [2.24, 2.45) is 0 Å². The lowest BCUT2D eigenvalue weighted by Crippen LogP contribution is -2.27. The standard InChI is InChI=1S/C16H18ClNO2S/c1-11(7-12-3-2-4-13(17)8-12)18-10-15-6-5-14(21-15)9-16(19)20/h2-6,8,11,18H,7,9-10H2,1H3,(H,19,20). The summed E-state index contributed by atoms with van der Waals surface area (Å²) < 4.78 is 0. The van der Waals surface area contributed by atoms with Gasteiger partial charge in [-0.05, 0) is 43.2 Å². The van der Waals surface area contributed by atoms with Crippen molar-refractivity contribution in [2.75, 3.05) is 0 Å². The van der Waals surface area contributed by atoms with Crippen molar-refractivity contribution in [3.05, 3.63) is 56.7 Å². The lowest BCUT2D eigenvalue weighted by Gasteiger charge is -2.13. The average molecular weight is 324 g/mol. The first-order chi connectivity index (χ1) is 10.0. The van der Waals surface area contributed by atoms with Gasteiger partial charge in [0.1, 0.15) is 0 Å². The molecule has 0 radical (unpaired) electrons. The number of rotatable bonds is 7. The highest BCUT2D eigenvalue weighted by Crippen LogP contribution is 2.17. The third-order valence-corrected chi connectivity index (χ3v) is 4.42. The summed E-state index contributed by atoms with van der Waals surface area (Å²) in [6.07, 6.45) is 1.01. The van der Waals surface area contributed by atoms with E-state index in [0.717, 1.165) is 27.7 Å². The van der Waals surface area contributed by atoms with Crippen LogP contribution in [0.3, 0.4) is 0 Å². The predicted molar refractivity (Wildman–Crippen MR) is 87.1 cm³/mol. The molecule has 1 heterocycles. The molecule has 0 aliphatic carbocycles. The second-order valence-electron chi connectivity index (χ2n) is 5.05. The Labute approximate surface area is 133 Å². The van der Waals surface area contributed by atoms with Gasteiger partial charge in [-0.25, -0.2) is 0 Å². The van der Waals surface area contributed by atoms with Gasteiger partial charge in [-0.3, -0.25) is 4.79 Å². The van der Waals surface area contributed by atoms with E-state index in [1.807, 2.05) is 30.3 Å². The summed E-state index contributed by atoms with van der Waals surface area (Å²) in [7, 11) is 0. The van der Waals surface area contributed by atoms with Crippen molar-refractivity contribution in [1.29, 1.82) is 0 Å². The second-order valence-corrected chi connectivity index (χ2v) is 6.74. The first-order valence-corrected chi connectivity index (χ1v) is 7.99. The molecule has 2 N–H and O–H groups in total. The molecule has 1 aromatic carbocycles. The molecule has 5 heteroatoms. The molecule has 1 unspecified atom stereocenters. The topological polar surface area (TPSA) is 49.3 Å². The summed E-state index contributed by atoms with van der Waals surface area (Å²) in [5.41, 5.74) is 1.21. The number of carboxylic acids is 1. The quantitative estimate of drug-likeness (QED) is 0.816. The normalized spacial score (nSPS) is 12.3. The van der Waals surface area contributed by atoms with Crippen LogP contribution in [0.2, 0.25) is 5.02 Å². The zero-order chi connectivity index (χ0) is 15.2. The molecule has 2 rings (SSSR count). The summed E-state index contributed by atoms with van der Waals surface area (Å²) in [6, 6.07) is 12.1. The van der Waals surface area contributed by atoms with E-state index in [1.165, 1.54) is 5.56 Å². The lowest BCUT2D eigenvalue weighted by atomic mass is 10.1. The van der Waals surface area contributed by atoms with Crippen molar-refractivity contribution >= 4 is 28.9 Å². The first-order valence-electron chi connectivity index (χ1n) is 6.80. The Balaban J connectivity index is 1.82. The molecule has 0 spiro atoms. The van der Waals surface area contributed by atoms with E-state index in [4.69, 9.17) is 16.7 Å². The maximum Gasteiger partial charge on any atom is 0.308 e. The van der Waals surface area contributed by atoms with Gasteiger partial charge < -0.3 is 10.4 Å². The molecule has 2 aromatic rings. The summed E-state index contributed by atoms with van der Waals surface area (Å²) in [5.74, 6) is -0.786. The van der Waals surface area contributed by atoms with Crippen molar-refractivity contribution in [1.82, 2.24) is 5.32 Å². The van der Waals surface area contributed by atoms with E-state index in [9.17, 15) is 4.79 Å². The van der Waals surface area contributed by atoms with E-state index in [0.29, 0.717) is 6.04 Å². The van der Waals surface area contributed by atoms with E-state index in [-0.39, 0.29) is 6.42 Å². The summed E-state index contributed by atoms with van der Waals surface area (Å²) in [4.78, 5) is 12.7. The second kappa shape index (κ2) is 7.59. The van der Waals surface area contributed by atoms with Gasteiger partial charge >= 0.3 is 5.97 Å². The van der Waals surface area contributed by atoms with Gasteiger partial charge in [0.15, 0.2) is 0 Å². The highest BCUT2D eigenvalue weighted by atomic mass is 35.5. The van der Waals surface area contributed by atoms with Crippen LogP contribution in [0.25, 0.3) is 0 Å². The molecule has 21 heavy (non-hydrogen) atoms. The monoisotopic (exact) mass is 323 g/mol. The van der Waals surface area contributed by atoms with Crippen LogP contribution in [-0.4, -0.2) is 17.1 Å². The molecule has 0 fully saturated rings. The minimum absolute atomic E-state index is 0.0999. The predicted octanol–water partition coefficient (Wildman–Crippen LogP) is 3.75. The maximum absolute atomic E-state index is 10.7. The van der Waals surface area contributed by atoms with Crippen molar-refractivity contribution in [3.8, 4) is 0 Å². The van der Waals surface area contributed by atoms with Gasteiger partial charge in [-0.1, -0.05) is 23.7 Å².